The summed E-state index contributed by atoms with van der Waals surface area (Å²) < 4.78 is 43.8. The van der Waals surface area contributed by atoms with Crippen LogP contribution in [-0.4, -0.2) is 16.0 Å². The van der Waals surface area contributed by atoms with E-state index in [0.29, 0.717) is 17.3 Å². The van der Waals surface area contributed by atoms with Crippen LogP contribution in [-0.2, 0) is 6.18 Å². The molecule has 0 fully saturated rings. The summed E-state index contributed by atoms with van der Waals surface area (Å²) in [6.45, 7) is 1.65. The summed E-state index contributed by atoms with van der Waals surface area (Å²) in [5.74, 6) is 0.125. The maximum Gasteiger partial charge on any atom is 0.418 e. The second kappa shape index (κ2) is 6.39. The molecule has 3 aromatic rings. The van der Waals surface area contributed by atoms with Gasteiger partial charge in [-0.1, -0.05) is 29.4 Å². The maximum absolute atomic E-state index is 13.0. The summed E-state index contributed by atoms with van der Waals surface area (Å²) in [7, 11) is 0. The largest absolute Gasteiger partial charge is 0.418 e. The highest BCUT2D eigenvalue weighted by Crippen LogP contribution is 2.34. The summed E-state index contributed by atoms with van der Waals surface area (Å²) >= 11 is 0. The molecule has 0 aliphatic carbocycles. The Kier molecular flexibility index (Phi) is 4.26. The zero-order valence-electron chi connectivity index (χ0n) is 13.0. The Hall–Kier alpha value is -3.16. The molecule has 3 rings (SSSR count). The summed E-state index contributed by atoms with van der Waals surface area (Å²) in [5, 5.41) is 6.04. The van der Waals surface area contributed by atoms with E-state index < -0.39 is 17.6 Å². The molecule has 2 aromatic carbocycles. The molecular weight excluding hydrogens is 335 g/mol. The van der Waals surface area contributed by atoms with Gasteiger partial charge in [-0.15, -0.1) is 0 Å². The van der Waals surface area contributed by atoms with Gasteiger partial charge in [0, 0.05) is 18.1 Å². The van der Waals surface area contributed by atoms with Crippen LogP contribution in [0.3, 0.4) is 0 Å². The van der Waals surface area contributed by atoms with Gasteiger partial charge in [-0.05, 0) is 24.3 Å². The molecule has 0 aliphatic heterocycles. The van der Waals surface area contributed by atoms with Crippen LogP contribution < -0.4 is 5.32 Å². The van der Waals surface area contributed by atoms with Crippen LogP contribution in [0.2, 0.25) is 0 Å². The molecule has 0 aliphatic rings. The SMILES string of the molecule is Cc1nc(-c2ccc(C(=O)Nc3ccccc3C(F)(F)F)cc2)no1. The number of benzene rings is 2. The fourth-order valence-electron chi connectivity index (χ4n) is 2.22. The van der Waals surface area contributed by atoms with Gasteiger partial charge in [0.05, 0.1) is 11.3 Å². The first kappa shape index (κ1) is 16.7. The number of anilines is 1. The second-order valence-corrected chi connectivity index (χ2v) is 5.21. The van der Waals surface area contributed by atoms with E-state index in [1.165, 1.54) is 30.3 Å². The molecule has 0 unspecified atom stereocenters. The van der Waals surface area contributed by atoms with Crippen LogP contribution in [0.4, 0.5) is 18.9 Å². The number of rotatable bonds is 3. The van der Waals surface area contributed by atoms with Gasteiger partial charge in [-0.2, -0.15) is 18.2 Å². The lowest BCUT2D eigenvalue weighted by molar-refractivity contribution is -0.136. The van der Waals surface area contributed by atoms with E-state index in [1.807, 2.05) is 0 Å². The molecule has 1 heterocycles. The number of carbonyl (C=O) groups is 1. The molecule has 0 spiro atoms. The molecule has 128 valence electrons. The molecule has 25 heavy (non-hydrogen) atoms. The zero-order valence-corrected chi connectivity index (χ0v) is 13.0. The number of hydrogen-bond donors (Lipinski definition) is 1. The van der Waals surface area contributed by atoms with Crippen molar-refractivity contribution in [3.63, 3.8) is 0 Å². The lowest BCUT2D eigenvalue weighted by Gasteiger charge is -2.13. The van der Waals surface area contributed by atoms with Crippen molar-refractivity contribution in [1.82, 2.24) is 10.1 Å². The average Bonchev–Trinajstić information content (AvgIpc) is 3.01. The fraction of sp³-hybridized carbons (Fsp3) is 0.118. The number of carbonyl (C=O) groups excluding carboxylic acids is 1. The minimum absolute atomic E-state index is 0.209. The first-order valence-electron chi connectivity index (χ1n) is 7.23. The van der Waals surface area contributed by atoms with Crippen molar-refractivity contribution < 1.29 is 22.5 Å². The Morgan fingerprint density at radius 2 is 1.76 bits per heavy atom. The Morgan fingerprint density at radius 3 is 2.36 bits per heavy atom. The van der Waals surface area contributed by atoms with Crippen molar-refractivity contribution in [2.75, 3.05) is 5.32 Å². The molecule has 0 bridgehead atoms. The quantitative estimate of drug-likeness (QED) is 0.766. The fourth-order valence-corrected chi connectivity index (χ4v) is 2.22. The second-order valence-electron chi connectivity index (χ2n) is 5.21. The molecule has 8 heteroatoms. The minimum atomic E-state index is -4.55. The summed E-state index contributed by atoms with van der Waals surface area (Å²) in [6.07, 6.45) is -4.55. The lowest BCUT2D eigenvalue weighted by Crippen LogP contribution is -2.16. The first-order valence-corrected chi connectivity index (χ1v) is 7.23. The molecule has 1 N–H and O–H groups in total. The molecule has 0 radical (unpaired) electrons. The Balaban J connectivity index is 1.81. The highest BCUT2D eigenvalue weighted by molar-refractivity contribution is 6.04. The van der Waals surface area contributed by atoms with Gasteiger partial charge in [0.1, 0.15) is 0 Å². The number of aromatic nitrogens is 2. The number of halogens is 3. The number of nitrogens with zero attached hydrogens (tertiary/aromatic N) is 2. The number of amides is 1. The van der Waals surface area contributed by atoms with Crippen molar-refractivity contribution in [2.24, 2.45) is 0 Å². The van der Waals surface area contributed by atoms with Crippen molar-refractivity contribution in [3.8, 4) is 11.4 Å². The number of aryl methyl sites for hydroxylation is 1. The molecule has 1 amide bonds. The number of alkyl halides is 3. The van der Waals surface area contributed by atoms with Gasteiger partial charge >= 0.3 is 6.18 Å². The van der Waals surface area contributed by atoms with Gasteiger partial charge in [0.15, 0.2) is 0 Å². The standard InChI is InChI=1S/C17H12F3N3O2/c1-10-21-15(23-25-10)11-6-8-12(9-7-11)16(24)22-14-5-3-2-4-13(14)17(18,19)20/h2-9H,1H3,(H,22,24). The van der Waals surface area contributed by atoms with E-state index in [0.717, 1.165) is 6.07 Å². The lowest BCUT2D eigenvalue weighted by atomic mass is 10.1. The third-order valence-electron chi connectivity index (χ3n) is 3.41. The average molecular weight is 347 g/mol. The van der Waals surface area contributed by atoms with E-state index in [-0.39, 0.29) is 11.3 Å². The van der Waals surface area contributed by atoms with Gasteiger partial charge in [-0.25, -0.2) is 0 Å². The van der Waals surface area contributed by atoms with Crippen LogP contribution in [0.1, 0.15) is 21.8 Å². The van der Waals surface area contributed by atoms with Crippen LogP contribution >= 0.6 is 0 Å². The Bertz CT molecular complexity index is 902. The molecular formula is C17H12F3N3O2. The van der Waals surface area contributed by atoms with E-state index in [1.54, 1.807) is 19.1 Å². The summed E-state index contributed by atoms with van der Waals surface area (Å²) in [6, 6.07) is 10.9. The molecule has 1 aromatic heterocycles. The Labute approximate surface area is 140 Å². The van der Waals surface area contributed by atoms with Gasteiger partial charge in [0.25, 0.3) is 5.91 Å². The van der Waals surface area contributed by atoms with E-state index in [4.69, 9.17) is 4.52 Å². The normalized spacial score (nSPS) is 11.4. The molecule has 0 saturated carbocycles. The van der Waals surface area contributed by atoms with E-state index in [2.05, 4.69) is 15.5 Å². The van der Waals surface area contributed by atoms with Crippen molar-refractivity contribution >= 4 is 11.6 Å². The maximum atomic E-state index is 13.0. The minimum Gasteiger partial charge on any atom is -0.339 e. The molecule has 5 nitrogen and oxygen atoms in total. The highest BCUT2D eigenvalue weighted by Gasteiger charge is 2.33. The first-order chi connectivity index (χ1) is 11.8. The van der Waals surface area contributed by atoms with Crippen molar-refractivity contribution in [2.45, 2.75) is 13.1 Å². The van der Waals surface area contributed by atoms with E-state index >= 15 is 0 Å². The van der Waals surface area contributed by atoms with Crippen LogP contribution in [0.5, 0.6) is 0 Å². The topological polar surface area (TPSA) is 68.0 Å². The smallest absolute Gasteiger partial charge is 0.339 e. The number of hydrogen-bond acceptors (Lipinski definition) is 4. The van der Waals surface area contributed by atoms with Gasteiger partial charge in [-0.3, -0.25) is 4.79 Å². The van der Waals surface area contributed by atoms with Crippen LogP contribution in [0.25, 0.3) is 11.4 Å². The predicted molar refractivity (Wildman–Crippen MR) is 83.9 cm³/mol. The van der Waals surface area contributed by atoms with Gasteiger partial charge < -0.3 is 9.84 Å². The Morgan fingerprint density at radius 1 is 1.08 bits per heavy atom. The van der Waals surface area contributed by atoms with E-state index in [9.17, 15) is 18.0 Å². The summed E-state index contributed by atoms with van der Waals surface area (Å²) in [5.41, 5.74) is -0.356. The predicted octanol–water partition coefficient (Wildman–Crippen LogP) is 4.32. The summed E-state index contributed by atoms with van der Waals surface area (Å²) in [4.78, 5) is 16.3. The van der Waals surface area contributed by atoms with Crippen LogP contribution in [0, 0.1) is 6.92 Å². The zero-order chi connectivity index (χ0) is 18.0. The molecule has 0 saturated heterocycles. The van der Waals surface area contributed by atoms with Crippen molar-refractivity contribution in [3.05, 3.63) is 65.5 Å². The highest BCUT2D eigenvalue weighted by atomic mass is 19.4. The number of para-hydroxylation sites is 1. The van der Waals surface area contributed by atoms with Crippen molar-refractivity contribution in [1.29, 1.82) is 0 Å². The number of nitrogens with one attached hydrogen (secondary N) is 1. The monoisotopic (exact) mass is 347 g/mol. The third kappa shape index (κ3) is 3.68. The third-order valence-corrected chi connectivity index (χ3v) is 3.41. The van der Waals surface area contributed by atoms with Gasteiger partial charge in [0.2, 0.25) is 11.7 Å². The molecule has 0 atom stereocenters. The van der Waals surface area contributed by atoms with Crippen LogP contribution in [0.15, 0.2) is 53.1 Å².